The van der Waals surface area contributed by atoms with Crippen LogP contribution >= 0.6 is 0 Å². The zero-order valence-electron chi connectivity index (χ0n) is 13.6. The van der Waals surface area contributed by atoms with E-state index in [9.17, 15) is 13.6 Å². The van der Waals surface area contributed by atoms with Crippen LogP contribution < -0.4 is 10.6 Å². The summed E-state index contributed by atoms with van der Waals surface area (Å²) in [7, 11) is 0. The highest BCUT2D eigenvalue weighted by Gasteiger charge is 2.46. The minimum absolute atomic E-state index is 0.0727. The molecule has 3 N–H and O–H groups in total. The Morgan fingerprint density at radius 2 is 2.00 bits per heavy atom. The van der Waals surface area contributed by atoms with Gasteiger partial charge in [-0.15, -0.1) is 0 Å². The maximum Gasteiger partial charge on any atom is 0.314 e. The van der Waals surface area contributed by atoms with E-state index in [1.807, 2.05) is 13.8 Å². The van der Waals surface area contributed by atoms with Crippen LogP contribution in [0.25, 0.3) is 0 Å². The number of urea groups is 1. The van der Waals surface area contributed by atoms with Gasteiger partial charge in [0.2, 0.25) is 0 Å². The van der Waals surface area contributed by atoms with Crippen molar-refractivity contribution in [2.45, 2.75) is 38.5 Å². The van der Waals surface area contributed by atoms with Crippen LogP contribution in [0.1, 0.15) is 38.7 Å². The summed E-state index contributed by atoms with van der Waals surface area (Å²) in [6.07, 6.45) is 2.13. The fraction of sp³-hybridized carbons (Fsp3) is 0.588. The number of halogens is 2. The van der Waals surface area contributed by atoms with Gasteiger partial charge in [-0.25, -0.2) is 13.6 Å². The van der Waals surface area contributed by atoms with Crippen LogP contribution in [0.4, 0.5) is 13.6 Å². The minimum atomic E-state index is -0.598. The molecule has 0 bridgehead atoms. The molecule has 0 saturated heterocycles. The highest BCUT2D eigenvalue weighted by Crippen LogP contribution is 2.48. The fourth-order valence-electron chi connectivity index (χ4n) is 2.63. The molecule has 23 heavy (non-hydrogen) atoms. The number of carbonyl (C=O) groups is 1. The first-order valence-electron chi connectivity index (χ1n) is 7.86. The van der Waals surface area contributed by atoms with E-state index in [2.05, 4.69) is 10.6 Å². The van der Waals surface area contributed by atoms with Gasteiger partial charge in [0, 0.05) is 31.2 Å². The van der Waals surface area contributed by atoms with E-state index in [4.69, 9.17) is 5.11 Å². The van der Waals surface area contributed by atoms with Crippen molar-refractivity contribution in [2.24, 2.45) is 5.41 Å². The second kappa shape index (κ2) is 6.83. The predicted octanol–water partition coefficient (Wildman–Crippen LogP) is 2.70. The maximum absolute atomic E-state index is 13.9. The molecule has 2 rings (SSSR count). The van der Waals surface area contributed by atoms with Gasteiger partial charge in [-0.2, -0.15) is 0 Å². The molecule has 0 atom stereocenters. The summed E-state index contributed by atoms with van der Waals surface area (Å²) < 4.78 is 26.9. The first kappa shape index (κ1) is 17.7. The lowest BCUT2D eigenvalue weighted by molar-refractivity contribution is 0.201. The molecule has 2 amide bonds. The van der Waals surface area contributed by atoms with Crippen molar-refractivity contribution < 1.29 is 18.7 Å². The summed E-state index contributed by atoms with van der Waals surface area (Å²) in [5.41, 5.74) is -0.151. The summed E-state index contributed by atoms with van der Waals surface area (Å²) in [4.78, 5) is 11.9. The smallest absolute Gasteiger partial charge is 0.314 e. The van der Waals surface area contributed by atoms with Crippen LogP contribution in [-0.4, -0.2) is 30.8 Å². The summed E-state index contributed by atoms with van der Waals surface area (Å²) in [6, 6.07) is 3.27. The zero-order valence-corrected chi connectivity index (χ0v) is 13.6. The van der Waals surface area contributed by atoms with E-state index in [-0.39, 0.29) is 18.1 Å². The number of rotatable bonds is 7. The van der Waals surface area contributed by atoms with Gasteiger partial charge in [-0.1, -0.05) is 19.9 Å². The van der Waals surface area contributed by atoms with Gasteiger partial charge in [0.1, 0.15) is 11.6 Å². The Labute approximate surface area is 135 Å². The molecule has 1 aromatic carbocycles. The van der Waals surface area contributed by atoms with Crippen molar-refractivity contribution in [1.82, 2.24) is 10.6 Å². The third kappa shape index (κ3) is 4.64. The quantitative estimate of drug-likeness (QED) is 0.721. The van der Waals surface area contributed by atoms with Crippen molar-refractivity contribution in [2.75, 3.05) is 19.7 Å². The Balaban J connectivity index is 1.87. The molecule has 1 aliphatic rings. The zero-order chi connectivity index (χ0) is 17.1. The number of amides is 2. The lowest BCUT2D eigenvalue weighted by atomic mass is 9.90. The maximum atomic E-state index is 13.9. The number of hydrogen-bond donors (Lipinski definition) is 3. The molecule has 0 heterocycles. The number of aliphatic hydroxyl groups is 1. The second-order valence-electron chi connectivity index (χ2n) is 7.08. The van der Waals surface area contributed by atoms with E-state index in [1.54, 1.807) is 0 Å². The first-order chi connectivity index (χ1) is 10.8. The summed E-state index contributed by atoms with van der Waals surface area (Å²) >= 11 is 0. The van der Waals surface area contributed by atoms with Crippen LogP contribution in [0.5, 0.6) is 0 Å². The van der Waals surface area contributed by atoms with Gasteiger partial charge in [0.05, 0.1) is 0 Å². The van der Waals surface area contributed by atoms with E-state index in [0.29, 0.717) is 25.1 Å². The highest BCUT2D eigenvalue weighted by molar-refractivity contribution is 5.74. The summed E-state index contributed by atoms with van der Waals surface area (Å²) in [5, 5.41) is 14.5. The van der Waals surface area contributed by atoms with Crippen LogP contribution in [0.2, 0.25) is 0 Å². The average molecular weight is 326 g/mol. The van der Waals surface area contributed by atoms with Crippen molar-refractivity contribution in [3.63, 3.8) is 0 Å². The second-order valence-corrected chi connectivity index (χ2v) is 7.08. The minimum Gasteiger partial charge on any atom is -0.396 e. The average Bonchev–Trinajstić information content (AvgIpc) is 3.24. The molecule has 0 aromatic heterocycles. The van der Waals surface area contributed by atoms with Crippen LogP contribution in [0, 0.1) is 17.0 Å². The van der Waals surface area contributed by atoms with Crippen molar-refractivity contribution in [1.29, 1.82) is 0 Å². The van der Waals surface area contributed by atoms with Crippen molar-refractivity contribution >= 4 is 6.03 Å². The van der Waals surface area contributed by atoms with Crippen LogP contribution in [0.3, 0.4) is 0 Å². The Hall–Kier alpha value is -1.69. The standard InChI is InChI=1S/C17H24F2N2O2/c1-16(2,7-8-22)10-20-15(23)21-11-17(5-6-17)13-4-3-12(18)9-14(13)19/h3-4,9,22H,5-8,10-11H2,1-2H3,(H2,20,21,23). The molecule has 0 spiro atoms. The molecule has 1 fully saturated rings. The predicted molar refractivity (Wildman–Crippen MR) is 84.2 cm³/mol. The van der Waals surface area contributed by atoms with Crippen LogP contribution in [0.15, 0.2) is 18.2 Å². The largest absolute Gasteiger partial charge is 0.396 e. The molecule has 1 aromatic rings. The number of carbonyl (C=O) groups excluding carboxylic acids is 1. The highest BCUT2D eigenvalue weighted by atomic mass is 19.1. The number of hydrogen-bond acceptors (Lipinski definition) is 2. The number of aliphatic hydroxyl groups excluding tert-OH is 1. The fourth-order valence-corrected chi connectivity index (χ4v) is 2.63. The van der Waals surface area contributed by atoms with Gasteiger partial charge in [-0.05, 0) is 36.3 Å². The molecular formula is C17H24F2N2O2. The molecule has 128 valence electrons. The lowest BCUT2D eigenvalue weighted by Crippen LogP contribution is -2.43. The van der Waals surface area contributed by atoms with Crippen molar-refractivity contribution in [3.05, 3.63) is 35.4 Å². The van der Waals surface area contributed by atoms with E-state index >= 15 is 0 Å². The van der Waals surface area contributed by atoms with Gasteiger partial charge >= 0.3 is 6.03 Å². The van der Waals surface area contributed by atoms with E-state index in [1.165, 1.54) is 12.1 Å². The topological polar surface area (TPSA) is 61.4 Å². The van der Waals surface area contributed by atoms with Gasteiger partial charge in [-0.3, -0.25) is 0 Å². The summed E-state index contributed by atoms with van der Waals surface area (Å²) in [5.74, 6) is -1.16. The molecule has 4 nitrogen and oxygen atoms in total. The van der Waals surface area contributed by atoms with E-state index < -0.39 is 17.0 Å². The Morgan fingerprint density at radius 1 is 1.30 bits per heavy atom. The van der Waals surface area contributed by atoms with Crippen LogP contribution in [-0.2, 0) is 5.41 Å². The molecule has 1 aliphatic carbocycles. The monoisotopic (exact) mass is 326 g/mol. The Bertz CT molecular complexity index is 572. The Kier molecular flexibility index (Phi) is 5.24. The number of nitrogens with one attached hydrogen (secondary N) is 2. The normalized spacial score (nSPS) is 16.0. The molecule has 0 aliphatic heterocycles. The molecule has 0 radical (unpaired) electrons. The third-order valence-electron chi connectivity index (χ3n) is 4.46. The summed E-state index contributed by atoms with van der Waals surface area (Å²) in [6.45, 7) is 4.75. The Morgan fingerprint density at radius 3 is 2.57 bits per heavy atom. The molecule has 1 saturated carbocycles. The third-order valence-corrected chi connectivity index (χ3v) is 4.46. The van der Waals surface area contributed by atoms with E-state index in [0.717, 1.165) is 18.9 Å². The van der Waals surface area contributed by atoms with Gasteiger partial charge in [0.25, 0.3) is 0 Å². The van der Waals surface area contributed by atoms with Crippen molar-refractivity contribution in [3.8, 4) is 0 Å². The lowest BCUT2D eigenvalue weighted by Gasteiger charge is -2.24. The van der Waals surface area contributed by atoms with Gasteiger partial charge in [0.15, 0.2) is 0 Å². The SMILES string of the molecule is CC(C)(CCO)CNC(=O)NCC1(c2ccc(F)cc2F)CC1. The van der Waals surface area contributed by atoms with Gasteiger partial charge < -0.3 is 15.7 Å². The molecular weight excluding hydrogens is 302 g/mol. The first-order valence-corrected chi connectivity index (χ1v) is 7.86. The number of benzene rings is 1. The molecule has 0 unspecified atom stereocenters. The molecule has 6 heteroatoms.